The van der Waals surface area contributed by atoms with Crippen LogP contribution < -0.4 is 5.32 Å². The average molecular weight is 332 g/mol. The standard InChI is InChI=1S/C17H17FN2O2S/c18-12-7-10(1-2-14(12)21)15-3-4-16(23-15)17(22)19-13-9-20-6-5-11(13)8-20/h1-4,7,11,13,21H,5-6,8-9H2,(H,19,22)/t11-,13+/m1/s1. The van der Waals surface area contributed by atoms with Crippen LogP contribution in [0.5, 0.6) is 5.75 Å². The zero-order valence-electron chi connectivity index (χ0n) is 12.5. The number of phenols is 1. The van der Waals surface area contributed by atoms with Crippen molar-refractivity contribution < 1.29 is 14.3 Å². The molecular weight excluding hydrogens is 315 g/mol. The first-order valence-electron chi connectivity index (χ1n) is 7.72. The van der Waals surface area contributed by atoms with Gasteiger partial charge >= 0.3 is 0 Å². The first-order valence-corrected chi connectivity index (χ1v) is 8.54. The number of hydrogen-bond donors (Lipinski definition) is 2. The molecular formula is C17H17FN2O2S. The van der Waals surface area contributed by atoms with E-state index in [0.717, 1.165) is 30.9 Å². The summed E-state index contributed by atoms with van der Waals surface area (Å²) >= 11 is 1.34. The molecule has 2 aromatic rings. The Balaban J connectivity index is 1.48. The van der Waals surface area contributed by atoms with Crippen molar-refractivity contribution >= 4 is 17.2 Å². The summed E-state index contributed by atoms with van der Waals surface area (Å²) in [5, 5.41) is 12.4. The Morgan fingerprint density at radius 1 is 1.30 bits per heavy atom. The highest BCUT2D eigenvalue weighted by Crippen LogP contribution is 2.32. The highest BCUT2D eigenvalue weighted by atomic mass is 32.1. The van der Waals surface area contributed by atoms with E-state index in [0.29, 0.717) is 16.4 Å². The maximum Gasteiger partial charge on any atom is 0.261 e. The van der Waals surface area contributed by atoms with Crippen molar-refractivity contribution in [3.63, 3.8) is 0 Å². The zero-order chi connectivity index (χ0) is 16.0. The number of halogens is 1. The van der Waals surface area contributed by atoms with Gasteiger partial charge in [0.2, 0.25) is 0 Å². The van der Waals surface area contributed by atoms with Gasteiger partial charge in [-0.25, -0.2) is 4.39 Å². The lowest BCUT2D eigenvalue weighted by Gasteiger charge is -2.22. The number of aromatic hydroxyl groups is 1. The van der Waals surface area contributed by atoms with Gasteiger partial charge in [0.1, 0.15) is 0 Å². The fraction of sp³-hybridized carbons (Fsp3) is 0.353. The number of amides is 1. The van der Waals surface area contributed by atoms with Crippen molar-refractivity contribution in [2.75, 3.05) is 19.6 Å². The number of benzene rings is 1. The summed E-state index contributed by atoms with van der Waals surface area (Å²) in [6.45, 7) is 3.18. The average Bonchev–Trinajstić information content (AvgIpc) is 3.25. The molecule has 3 atom stereocenters. The van der Waals surface area contributed by atoms with Crippen molar-refractivity contribution in [3.05, 3.63) is 41.0 Å². The zero-order valence-corrected chi connectivity index (χ0v) is 13.3. The largest absolute Gasteiger partial charge is 0.505 e. The van der Waals surface area contributed by atoms with Crippen LogP contribution in [-0.4, -0.2) is 41.6 Å². The molecule has 0 spiro atoms. The summed E-state index contributed by atoms with van der Waals surface area (Å²) in [7, 11) is 0. The van der Waals surface area contributed by atoms with Crippen molar-refractivity contribution in [2.45, 2.75) is 12.5 Å². The lowest BCUT2D eigenvalue weighted by atomic mass is 10.00. The molecule has 6 heteroatoms. The van der Waals surface area contributed by atoms with E-state index in [4.69, 9.17) is 0 Å². The minimum atomic E-state index is -0.655. The Kier molecular flexibility index (Phi) is 3.58. The number of carbonyl (C=O) groups excluding carboxylic acids is 1. The predicted molar refractivity (Wildman–Crippen MR) is 87.2 cm³/mol. The predicted octanol–water partition coefficient (Wildman–Crippen LogP) is 2.69. The first kappa shape index (κ1) is 14.7. The van der Waals surface area contributed by atoms with Crippen molar-refractivity contribution in [1.29, 1.82) is 0 Å². The van der Waals surface area contributed by atoms with Crippen molar-refractivity contribution in [3.8, 4) is 16.2 Å². The van der Waals surface area contributed by atoms with Gasteiger partial charge in [0.15, 0.2) is 11.6 Å². The molecule has 0 saturated carbocycles. The van der Waals surface area contributed by atoms with Gasteiger partial charge in [-0.2, -0.15) is 0 Å². The number of nitrogens with one attached hydrogen (secondary N) is 1. The second-order valence-electron chi connectivity index (χ2n) is 6.22. The minimum Gasteiger partial charge on any atom is -0.505 e. The molecule has 120 valence electrons. The molecule has 2 aliphatic heterocycles. The van der Waals surface area contributed by atoms with Crippen LogP contribution in [0.15, 0.2) is 30.3 Å². The fourth-order valence-electron chi connectivity index (χ4n) is 3.46. The summed E-state index contributed by atoms with van der Waals surface area (Å²) in [5.74, 6) is -0.503. The topological polar surface area (TPSA) is 52.6 Å². The van der Waals surface area contributed by atoms with E-state index in [-0.39, 0.29) is 17.7 Å². The second kappa shape index (κ2) is 5.62. The monoisotopic (exact) mass is 332 g/mol. The van der Waals surface area contributed by atoms with Gasteiger partial charge < -0.3 is 15.3 Å². The third kappa shape index (κ3) is 2.72. The van der Waals surface area contributed by atoms with Crippen molar-refractivity contribution in [1.82, 2.24) is 10.2 Å². The quantitative estimate of drug-likeness (QED) is 0.909. The Hall–Kier alpha value is -1.92. The van der Waals surface area contributed by atoms with Crippen LogP contribution in [0.4, 0.5) is 4.39 Å². The summed E-state index contributed by atoms with van der Waals surface area (Å²) in [4.78, 5) is 16.2. The SMILES string of the molecule is O=C(N[C@H]1CN2CC[C@@H]1C2)c1ccc(-c2ccc(O)c(F)c2)s1. The minimum absolute atomic E-state index is 0.0562. The van der Waals surface area contributed by atoms with E-state index in [1.54, 1.807) is 12.1 Å². The Bertz CT molecular complexity index is 761. The highest BCUT2D eigenvalue weighted by Gasteiger charge is 2.38. The van der Waals surface area contributed by atoms with Crippen LogP contribution in [0.2, 0.25) is 0 Å². The van der Waals surface area contributed by atoms with Crippen LogP contribution >= 0.6 is 11.3 Å². The molecule has 2 bridgehead atoms. The third-order valence-electron chi connectivity index (χ3n) is 4.71. The summed E-state index contributed by atoms with van der Waals surface area (Å²) in [6.07, 6.45) is 1.16. The van der Waals surface area contributed by atoms with Gasteiger partial charge in [0.25, 0.3) is 5.91 Å². The van der Waals surface area contributed by atoms with Crippen LogP contribution in [0.1, 0.15) is 16.1 Å². The molecule has 3 heterocycles. The van der Waals surface area contributed by atoms with Crippen LogP contribution in [-0.2, 0) is 0 Å². The van der Waals surface area contributed by atoms with E-state index in [1.165, 1.54) is 23.5 Å². The Morgan fingerprint density at radius 2 is 2.17 bits per heavy atom. The Morgan fingerprint density at radius 3 is 2.87 bits per heavy atom. The second-order valence-corrected chi connectivity index (χ2v) is 7.30. The lowest BCUT2D eigenvalue weighted by Crippen LogP contribution is -2.42. The molecule has 1 aromatic carbocycles. The molecule has 0 aliphatic carbocycles. The van der Waals surface area contributed by atoms with E-state index in [9.17, 15) is 14.3 Å². The van der Waals surface area contributed by atoms with Crippen LogP contribution in [0.3, 0.4) is 0 Å². The highest BCUT2D eigenvalue weighted by molar-refractivity contribution is 7.17. The van der Waals surface area contributed by atoms with Gasteiger partial charge in [-0.05, 0) is 54.8 Å². The van der Waals surface area contributed by atoms with E-state index >= 15 is 0 Å². The maximum atomic E-state index is 13.5. The van der Waals surface area contributed by atoms with Crippen LogP contribution in [0, 0.1) is 11.7 Å². The number of piperidine rings is 1. The molecule has 1 amide bonds. The normalized spacial score (nSPS) is 25.7. The lowest BCUT2D eigenvalue weighted by molar-refractivity contribution is 0.0928. The molecule has 2 saturated heterocycles. The fourth-order valence-corrected chi connectivity index (χ4v) is 4.37. The molecule has 4 rings (SSSR count). The number of phenolic OH excluding ortho intramolecular Hbond substituents is 1. The summed E-state index contributed by atoms with van der Waals surface area (Å²) < 4.78 is 13.5. The Labute approximate surface area is 137 Å². The smallest absolute Gasteiger partial charge is 0.261 e. The molecule has 2 N–H and O–H groups in total. The summed E-state index contributed by atoms with van der Waals surface area (Å²) in [5.41, 5.74) is 0.662. The number of nitrogens with zero attached hydrogens (tertiary/aromatic N) is 1. The molecule has 1 aromatic heterocycles. The van der Waals surface area contributed by atoms with Gasteiger partial charge in [-0.1, -0.05) is 0 Å². The molecule has 1 unspecified atom stereocenters. The van der Waals surface area contributed by atoms with Gasteiger partial charge in [0.05, 0.1) is 4.88 Å². The van der Waals surface area contributed by atoms with Gasteiger partial charge in [-0.3, -0.25) is 4.79 Å². The molecule has 0 radical (unpaired) electrons. The maximum absolute atomic E-state index is 13.5. The number of carbonyl (C=O) groups is 1. The number of thiophene rings is 1. The molecule has 2 aliphatic rings. The number of rotatable bonds is 3. The van der Waals surface area contributed by atoms with Gasteiger partial charge in [0, 0.05) is 24.0 Å². The van der Waals surface area contributed by atoms with E-state index in [1.807, 2.05) is 6.07 Å². The van der Waals surface area contributed by atoms with Crippen LogP contribution in [0.25, 0.3) is 10.4 Å². The van der Waals surface area contributed by atoms with E-state index in [2.05, 4.69) is 10.2 Å². The molecule has 2 fully saturated rings. The molecule has 23 heavy (non-hydrogen) atoms. The van der Waals surface area contributed by atoms with E-state index < -0.39 is 5.82 Å². The molecule has 4 nitrogen and oxygen atoms in total. The number of fused-ring (bicyclic) bond motifs is 2. The van der Waals surface area contributed by atoms with Gasteiger partial charge in [-0.15, -0.1) is 11.3 Å². The summed E-state index contributed by atoms with van der Waals surface area (Å²) in [6, 6.07) is 8.09. The third-order valence-corrected chi connectivity index (χ3v) is 5.84. The first-order chi connectivity index (χ1) is 11.1. The van der Waals surface area contributed by atoms with Crippen molar-refractivity contribution in [2.24, 2.45) is 5.92 Å². The number of hydrogen-bond acceptors (Lipinski definition) is 4.